The Labute approximate surface area is 146 Å². The summed E-state index contributed by atoms with van der Waals surface area (Å²) in [7, 11) is 1.71. The van der Waals surface area contributed by atoms with Crippen molar-refractivity contribution in [2.45, 2.75) is 13.5 Å². The highest BCUT2D eigenvalue weighted by atomic mass is 32.1. The number of rotatable bonds is 5. The lowest BCUT2D eigenvalue weighted by molar-refractivity contribution is -0.119. The van der Waals surface area contributed by atoms with Crippen molar-refractivity contribution < 1.29 is 9.18 Å². The average Bonchev–Trinajstić information content (AvgIpc) is 2.97. The van der Waals surface area contributed by atoms with Gasteiger partial charge in [-0.05, 0) is 24.6 Å². The number of nitrogens with one attached hydrogen (secondary N) is 1. The number of carbonyl (C=O) groups excluding carboxylic acids is 1. The van der Waals surface area contributed by atoms with Crippen LogP contribution in [-0.2, 0) is 11.3 Å². The molecule has 0 radical (unpaired) electrons. The molecular formula is C16H16FN5O2S. The first-order chi connectivity index (χ1) is 11.9. The number of nitrogens with zero attached hydrogens (tertiary/aromatic N) is 4. The fourth-order valence-corrected chi connectivity index (χ4v) is 3.16. The zero-order valence-corrected chi connectivity index (χ0v) is 14.5. The number of hydrogen-bond acceptors (Lipinski definition) is 6. The van der Waals surface area contributed by atoms with Gasteiger partial charge in [-0.1, -0.05) is 23.5 Å². The van der Waals surface area contributed by atoms with Crippen LogP contribution in [0.5, 0.6) is 0 Å². The van der Waals surface area contributed by atoms with E-state index in [1.54, 1.807) is 31.0 Å². The maximum absolute atomic E-state index is 13.1. The number of benzene rings is 1. The maximum Gasteiger partial charge on any atom is 0.275 e. The molecule has 0 spiro atoms. The molecule has 2 heterocycles. The number of amides is 1. The van der Waals surface area contributed by atoms with Crippen molar-refractivity contribution in [2.75, 3.05) is 18.5 Å². The van der Waals surface area contributed by atoms with Gasteiger partial charge in [0, 0.05) is 25.4 Å². The van der Waals surface area contributed by atoms with Crippen LogP contribution in [0.3, 0.4) is 0 Å². The lowest BCUT2D eigenvalue weighted by Gasteiger charge is -2.14. The minimum atomic E-state index is -0.341. The summed E-state index contributed by atoms with van der Waals surface area (Å²) in [5, 5.41) is 7.43. The highest BCUT2D eigenvalue weighted by molar-refractivity contribution is 7.20. The second-order valence-electron chi connectivity index (χ2n) is 5.58. The molecule has 3 rings (SSSR count). The smallest absolute Gasteiger partial charge is 0.275 e. The molecule has 1 aromatic carbocycles. The fraction of sp³-hybridized carbons (Fsp3) is 0.250. The Bertz CT molecular complexity index is 984. The monoisotopic (exact) mass is 361 g/mol. The van der Waals surface area contributed by atoms with Crippen LogP contribution in [0.2, 0.25) is 0 Å². The van der Waals surface area contributed by atoms with Gasteiger partial charge < -0.3 is 10.2 Å². The lowest BCUT2D eigenvalue weighted by Crippen LogP contribution is -2.34. The van der Waals surface area contributed by atoms with E-state index in [9.17, 15) is 14.0 Å². The molecule has 0 unspecified atom stereocenters. The van der Waals surface area contributed by atoms with Crippen molar-refractivity contribution in [2.24, 2.45) is 0 Å². The molecule has 0 aliphatic carbocycles. The summed E-state index contributed by atoms with van der Waals surface area (Å²) in [5.74, 6) is -0.575. The molecule has 130 valence electrons. The van der Waals surface area contributed by atoms with E-state index in [2.05, 4.69) is 15.4 Å². The molecule has 2 aromatic heterocycles. The van der Waals surface area contributed by atoms with E-state index in [-0.39, 0.29) is 30.4 Å². The van der Waals surface area contributed by atoms with Crippen molar-refractivity contribution in [3.05, 3.63) is 57.8 Å². The molecule has 9 heteroatoms. The van der Waals surface area contributed by atoms with Gasteiger partial charge in [-0.3, -0.25) is 9.59 Å². The van der Waals surface area contributed by atoms with Crippen LogP contribution >= 0.6 is 11.3 Å². The van der Waals surface area contributed by atoms with Crippen molar-refractivity contribution in [1.82, 2.24) is 19.9 Å². The second kappa shape index (κ2) is 6.98. The van der Waals surface area contributed by atoms with Gasteiger partial charge in [0.2, 0.25) is 16.0 Å². The average molecular weight is 361 g/mol. The third-order valence-corrected chi connectivity index (χ3v) is 4.47. The number of fused-ring (bicyclic) bond motifs is 1. The summed E-state index contributed by atoms with van der Waals surface area (Å²) in [5.41, 5.74) is 1.05. The first-order valence-corrected chi connectivity index (χ1v) is 8.34. The SMILES string of the molecule is Cc1cc(=O)n2nc(N(C)CC(=O)NCc3cccc(F)c3)sc2n1. The third-order valence-electron chi connectivity index (χ3n) is 3.45. The molecule has 0 aliphatic rings. The summed E-state index contributed by atoms with van der Waals surface area (Å²) in [6.07, 6.45) is 0. The Morgan fingerprint density at radius 3 is 2.96 bits per heavy atom. The van der Waals surface area contributed by atoms with E-state index in [1.165, 1.54) is 34.1 Å². The molecule has 0 atom stereocenters. The Morgan fingerprint density at radius 1 is 1.40 bits per heavy atom. The Kier molecular flexibility index (Phi) is 4.75. The Morgan fingerprint density at radius 2 is 2.20 bits per heavy atom. The van der Waals surface area contributed by atoms with Crippen molar-refractivity contribution in [3.8, 4) is 0 Å². The van der Waals surface area contributed by atoms with Crippen LogP contribution in [0.15, 0.2) is 35.1 Å². The van der Waals surface area contributed by atoms with Crippen molar-refractivity contribution >= 4 is 27.3 Å². The minimum Gasteiger partial charge on any atom is -0.350 e. The van der Waals surface area contributed by atoms with Gasteiger partial charge >= 0.3 is 0 Å². The topological polar surface area (TPSA) is 79.6 Å². The van der Waals surface area contributed by atoms with Crippen LogP contribution in [0.1, 0.15) is 11.3 Å². The first-order valence-electron chi connectivity index (χ1n) is 7.52. The molecule has 7 nitrogen and oxygen atoms in total. The summed E-state index contributed by atoms with van der Waals surface area (Å²) < 4.78 is 14.3. The van der Waals surface area contributed by atoms with E-state index < -0.39 is 0 Å². The molecule has 0 saturated heterocycles. The zero-order valence-electron chi connectivity index (χ0n) is 13.7. The van der Waals surface area contributed by atoms with Crippen LogP contribution < -0.4 is 15.8 Å². The number of aromatic nitrogens is 3. The summed E-state index contributed by atoms with van der Waals surface area (Å²) in [6.45, 7) is 2.04. The fourth-order valence-electron chi connectivity index (χ4n) is 2.25. The third kappa shape index (κ3) is 4.00. The quantitative estimate of drug-likeness (QED) is 0.742. The molecule has 0 fully saturated rings. The predicted octanol–water partition coefficient (Wildman–Crippen LogP) is 1.35. The van der Waals surface area contributed by atoms with E-state index in [4.69, 9.17) is 0 Å². The predicted molar refractivity (Wildman–Crippen MR) is 93.4 cm³/mol. The molecule has 0 bridgehead atoms. The van der Waals surface area contributed by atoms with Crippen LogP contribution in [-0.4, -0.2) is 34.1 Å². The number of halogens is 1. The molecule has 1 N–H and O–H groups in total. The molecule has 1 amide bonds. The molecule has 0 aliphatic heterocycles. The second-order valence-corrected chi connectivity index (χ2v) is 6.51. The highest BCUT2D eigenvalue weighted by Crippen LogP contribution is 2.19. The van der Waals surface area contributed by atoms with Gasteiger partial charge in [-0.2, -0.15) is 4.52 Å². The van der Waals surface area contributed by atoms with Crippen molar-refractivity contribution in [3.63, 3.8) is 0 Å². The highest BCUT2D eigenvalue weighted by Gasteiger charge is 2.14. The van der Waals surface area contributed by atoms with Crippen LogP contribution in [0.4, 0.5) is 9.52 Å². The van der Waals surface area contributed by atoms with Gasteiger partial charge in [-0.15, -0.1) is 5.10 Å². The number of likely N-dealkylation sites (N-methyl/N-ethyl adjacent to an activating group) is 1. The number of aryl methyl sites for hydroxylation is 1. The molecule has 3 aromatic rings. The minimum absolute atomic E-state index is 0.0584. The number of hydrogen-bond donors (Lipinski definition) is 1. The van der Waals surface area contributed by atoms with E-state index >= 15 is 0 Å². The standard InChI is InChI=1S/C16H16FN5O2S/c1-10-6-14(24)22-15(19-10)25-16(20-22)21(2)9-13(23)18-8-11-4-3-5-12(17)7-11/h3-7H,8-9H2,1-2H3,(H,18,23). The Hall–Kier alpha value is -2.81. The summed E-state index contributed by atoms with van der Waals surface area (Å²) in [4.78, 5) is 30.3. The first kappa shape index (κ1) is 17.0. The Balaban J connectivity index is 1.65. The van der Waals surface area contributed by atoms with E-state index in [1.807, 2.05) is 0 Å². The normalized spacial score (nSPS) is 10.8. The number of carbonyl (C=O) groups is 1. The largest absolute Gasteiger partial charge is 0.350 e. The number of anilines is 1. The van der Waals surface area contributed by atoms with Gasteiger partial charge in [0.15, 0.2) is 0 Å². The van der Waals surface area contributed by atoms with Gasteiger partial charge in [0.05, 0.1) is 6.54 Å². The van der Waals surface area contributed by atoms with Gasteiger partial charge in [0.25, 0.3) is 5.56 Å². The maximum atomic E-state index is 13.1. The summed E-state index contributed by atoms with van der Waals surface area (Å²) >= 11 is 1.23. The lowest BCUT2D eigenvalue weighted by atomic mass is 10.2. The van der Waals surface area contributed by atoms with E-state index in [0.29, 0.717) is 21.3 Å². The van der Waals surface area contributed by atoms with Crippen molar-refractivity contribution in [1.29, 1.82) is 0 Å². The molecule has 0 saturated carbocycles. The van der Waals surface area contributed by atoms with Crippen LogP contribution in [0.25, 0.3) is 4.96 Å². The zero-order chi connectivity index (χ0) is 18.0. The molecular weight excluding hydrogens is 345 g/mol. The van der Waals surface area contributed by atoms with E-state index in [0.717, 1.165) is 0 Å². The summed E-state index contributed by atoms with van der Waals surface area (Å²) in [6, 6.07) is 7.46. The van der Waals surface area contributed by atoms with Gasteiger partial charge in [0.1, 0.15) is 5.82 Å². The van der Waals surface area contributed by atoms with Gasteiger partial charge in [-0.25, -0.2) is 9.37 Å². The van der Waals surface area contributed by atoms with Crippen LogP contribution in [0, 0.1) is 12.7 Å². The molecule has 25 heavy (non-hydrogen) atoms.